The molecule has 0 spiro atoms. The monoisotopic (exact) mass is 308 g/mol. The van der Waals surface area contributed by atoms with Crippen molar-refractivity contribution in [1.29, 1.82) is 5.26 Å². The molecule has 0 bridgehead atoms. The second-order valence-electron chi connectivity index (χ2n) is 5.33. The Kier molecular flexibility index (Phi) is 5.84. The second kappa shape index (κ2) is 6.92. The van der Waals surface area contributed by atoms with Crippen molar-refractivity contribution in [2.24, 2.45) is 5.41 Å². The van der Waals surface area contributed by atoms with Crippen LogP contribution in [0.25, 0.3) is 0 Å². The van der Waals surface area contributed by atoms with Crippen molar-refractivity contribution in [2.75, 3.05) is 6.54 Å². The summed E-state index contributed by atoms with van der Waals surface area (Å²) in [5.41, 5.74) is 1.08. The molecule has 3 heteroatoms. The van der Waals surface area contributed by atoms with E-state index in [0.29, 0.717) is 6.04 Å². The maximum atomic E-state index is 8.93. The molecule has 1 rings (SSSR count). The quantitative estimate of drug-likeness (QED) is 0.789. The van der Waals surface area contributed by atoms with Crippen LogP contribution in [0.4, 0.5) is 0 Å². The molecule has 1 aromatic rings. The van der Waals surface area contributed by atoms with Crippen LogP contribution in [0.2, 0.25) is 0 Å². The third-order valence-electron chi connectivity index (χ3n) is 3.10. The van der Waals surface area contributed by atoms with Gasteiger partial charge in [-0.2, -0.15) is 5.26 Å². The van der Waals surface area contributed by atoms with Crippen LogP contribution in [-0.2, 0) is 0 Å². The first-order chi connectivity index (χ1) is 8.44. The van der Waals surface area contributed by atoms with Gasteiger partial charge in [0.2, 0.25) is 0 Å². The number of halogens is 1. The van der Waals surface area contributed by atoms with Gasteiger partial charge in [0.05, 0.1) is 11.5 Å². The molecular formula is C15H21BrN2. The molecule has 0 unspecified atom stereocenters. The molecule has 18 heavy (non-hydrogen) atoms. The Balaban J connectivity index is 2.32. The van der Waals surface area contributed by atoms with Crippen molar-refractivity contribution in [3.8, 4) is 6.07 Å². The SMILES string of the molecule is C[C@H](NCCCC(C)(C)C#N)c1ccc(Br)cc1. The Morgan fingerprint density at radius 2 is 1.94 bits per heavy atom. The van der Waals surface area contributed by atoms with Crippen molar-refractivity contribution < 1.29 is 0 Å². The normalized spacial score (nSPS) is 13.1. The van der Waals surface area contributed by atoms with Crippen LogP contribution in [0.15, 0.2) is 28.7 Å². The maximum absolute atomic E-state index is 8.93. The highest BCUT2D eigenvalue weighted by Gasteiger charge is 2.15. The number of nitrogens with one attached hydrogen (secondary N) is 1. The van der Waals surface area contributed by atoms with Gasteiger partial charge in [-0.1, -0.05) is 28.1 Å². The van der Waals surface area contributed by atoms with Crippen molar-refractivity contribution >= 4 is 15.9 Å². The fraction of sp³-hybridized carbons (Fsp3) is 0.533. The first-order valence-electron chi connectivity index (χ1n) is 6.35. The van der Waals surface area contributed by atoms with Crippen LogP contribution in [0.5, 0.6) is 0 Å². The van der Waals surface area contributed by atoms with Gasteiger partial charge in [-0.3, -0.25) is 0 Å². The first-order valence-corrected chi connectivity index (χ1v) is 7.14. The number of nitriles is 1. The Hall–Kier alpha value is -0.850. The molecule has 0 aliphatic rings. The van der Waals surface area contributed by atoms with Crippen LogP contribution < -0.4 is 5.32 Å². The molecular weight excluding hydrogens is 288 g/mol. The van der Waals surface area contributed by atoms with Crippen molar-refractivity contribution in [1.82, 2.24) is 5.32 Å². The van der Waals surface area contributed by atoms with E-state index in [1.165, 1.54) is 5.56 Å². The smallest absolute Gasteiger partial charge is 0.0683 e. The van der Waals surface area contributed by atoms with Gasteiger partial charge in [0.1, 0.15) is 0 Å². The van der Waals surface area contributed by atoms with Crippen LogP contribution in [0.3, 0.4) is 0 Å². The highest BCUT2D eigenvalue weighted by Crippen LogP contribution is 2.21. The fourth-order valence-corrected chi connectivity index (χ4v) is 2.04. The largest absolute Gasteiger partial charge is 0.310 e. The summed E-state index contributed by atoms with van der Waals surface area (Å²) in [6, 6.07) is 11.1. The van der Waals surface area contributed by atoms with E-state index >= 15 is 0 Å². The number of hydrogen-bond donors (Lipinski definition) is 1. The molecule has 98 valence electrons. The van der Waals surface area contributed by atoms with Crippen molar-refractivity contribution in [3.63, 3.8) is 0 Å². The number of hydrogen-bond acceptors (Lipinski definition) is 2. The average Bonchev–Trinajstić information content (AvgIpc) is 2.35. The van der Waals surface area contributed by atoms with Crippen LogP contribution in [0, 0.1) is 16.7 Å². The lowest BCUT2D eigenvalue weighted by atomic mass is 9.90. The molecule has 1 N–H and O–H groups in total. The van der Waals surface area contributed by atoms with Gasteiger partial charge in [0, 0.05) is 10.5 Å². The van der Waals surface area contributed by atoms with E-state index in [4.69, 9.17) is 5.26 Å². The Labute approximate surface area is 119 Å². The van der Waals surface area contributed by atoms with E-state index in [-0.39, 0.29) is 5.41 Å². The highest BCUT2D eigenvalue weighted by molar-refractivity contribution is 9.10. The second-order valence-corrected chi connectivity index (χ2v) is 6.24. The van der Waals surface area contributed by atoms with Gasteiger partial charge < -0.3 is 5.32 Å². The van der Waals surface area contributed by atoms with E-state index in [9.17, 15) is 0 Å². The zero-order valence-electron chi connectivity index (χ0n) is 11.3. The minimum atomic E-state index is -0.206. The summed E-state index contributed by atoms with van der Waals surface area (Å²) in [6.45, 7) is 7.09. The molecule has 0 saturated heterocycles. The van der Waals surface area contributed by atoms with Gasteiger partial charge in [-0.15, -0.1) is 0 Å². The molecule has 0 amide bonds. The molecule has 0 aliphatic heterocycles. The Morgan fingerprint density at radius 3 is 2.50 bits per heavy atom. The standard InChI is InChI=1S/C15H21BrN2/c1-12(13-5-7-14(16)8-6-13)18-10-4-9-15(2,3)11-17/h5-8,12,18H,4,9-10H2,1-3H3/t12-/m0/s1. The molecule has 2 nitrogen and oxygen atoms in total. The minimum Gasteiger partial charge on any atom is -0.310 e. The molecule has 0 aliphatic carbocycles. The first kappa shape index (κ1) is 15.2. The molecule has 0 saturated carbocycles. The van der Waals surface area contributed by atoms with Crippen molar-refractivity contribution in [3.05, 3.63) is 34.3 Å². The Morgan fingerprint density at radius 1 is 1.33 bits per heavy atom. The maximum Gasteiger partial charge on any atom is 0.0683 e. The summed E-state index contributed by atoms with van der Waals surface area (Å²) < 4.78 is 1.11. The van der Waals surface area contributed by atoms with Gasteiger partial charge in [0.25, 0.3) is 0 Å². The highest BCUT2D eigenvalue weighted by atomic mass is 79.9. The molecule has 0 aromatic heterocycles. The average molecular weight is 309 g/mol. The third kappa shape index (κ3) is 5.20. The predicted octanol–water partition coefficient (Wildman–Crippen LogP) is 4.43. The summed E-state index contributed by atoms with van der Waals surface area (Å²) in [5, 5.41) is 12.4. The molecule has 1 atom stereocenters. The predicted molar refractivity (Wildman–Crippen MR) is 79.2 cm³/mol. The van der Waals surface area contributed by atoms with Gasteiger partial charge in [-0.25, -0.2) is 0 Å². The fourth-order valence-electron chi connectivity index (χ4n) is 1.77. The van der Waals surface area contributed by atoms with E-state index in [1.807, 2.05) is 13.8 Å². The zero-order valence-corrected chi connectivity index (χ0v) is 12.9. The molecule has 0 radical (unpaired) electrons. The van der Waals surface area contributed by atoms with Crippen molar-refractivity contribution in [2.45, 2.75) is 39.7 Å². The number of rotatable bonds is 6. The van der Waals surface area contributed by atoms with Crippen LogP contribution >= 0.6 is 15.9 Å². The number of nitrogens with zero attached hydrogens (tertiary/aromatic N) is 1. The van der Waals surface area contributed by atoms with E-state index in [2.05, 4.69) is 58.5 Å². The van der Waals surface area contributed by atoms with Crippen LogP contribution in [-0.4, -0.2) is 6.54 Å². The summed E-state index contributed by atoms with van der Waals surface area (Å²) in [5.74, 6) is 0. The number of benzene rings is 1. The lowest BCUT2D eigenvalue weighted by Gasteiger charge is -2.17. The van der Waals surface area contributed by atoms with E-state index in [0.717, 1.165) is 23.9 Å². The van der Waals surface area contributed by atoms with Gasteiger partial charge in [0.15, 0.2) is 0 Å². The summed E-state index contributed by atoms with van der Waals surface area (Å²) in [7, 11) is 0. The lowest BCUT2D eigenvalue weighted by molar-refractivity contribution is 0.417. The summed E-state index contributed by atoms with van der Waals surface area (Å²) in [6.07, 6.45) is 1.96. The third-order valence-corrected chi connectivity index (χ3v) is 3.63. The molecule has 0 heterocycles. The lowest BCUT2D eigenvalue weighted by Crippen LogP contribution is -2.21. The van der Waals surface area contributed by atoms with E-state index < -0.39 is 0 Å². The Bertz CT molecular complexity index is 403. The topological polar surface area (TPSA) is 35.8 Å². The van der Waals surface area contributed by atoms with Gasteiger partial charge >= 0.3 is 0 Å². The van der Waals surface area contributed by atoms with Gasteiger partial charge in [-0.05, 0) is 57.9 Å². The molecule has 1 aromatic carbocycles. The minimum absolute atomic E-state index is 0.206. The van der Waals surface area contributed by atoms with Crippen LogP contribution in [0.1, 0.15) is 45.2 Å². The zero-order chi connectivity index (χ0) is 13.6. The molecule has 0 fully saturated rings. The summed E-state index contributed by atoms with van der Waals surface area (Å²) >= 11 is 3.44. The summed E-state index contributed by atoms with van der Waals surface area (Å²) in [4.78, 5) is 0. The van der Waals surface area contributed by atoms with E-state index in [1.54, 1.807) is 0 Å².